The Morgan fingerprint density at radius 2 is 2.04 bits per heavy atom. The SMILES string of the molecule is Cc1ncc2c(n1)CCC[C@H]2NC(=O)N[C@@](C)(CO)C1CCCCC1. The summed E-state index contributed by atoms with van der Waals surface area (Å²) < 4.78 is 0. The lowest BCUT2D eigenvalue weighted by atomic mass is 9.76. The fourth-order valence-corrected chi connectivity index (χ4v) is 4.26. The van der Waals surface area contributed by atoms with Gasteiger partial charge in [-0.05, 0) is 51.9 Å². The van der Waals surface area contributed by atoms with E-state index >= 15 is 0 Å². The standard InChI is InChI=1S/C19H30N4O2/c1-13-20-11-15-16(21-13)9-6-10-17(15)22-18(25)23-19(2,12-24)14-7-4-3-5-8-14/h11,14,17,24H,3-10,12H2,1-2H3,(H2,22,23,25)/t17-,19+/m1/s1. The lowest BCUT2D eigenvalue weighted by molar-refractivity contribution is 0.100. The third kappa shape index (κ3) is 4.11. The molecular weight excluding hydrogens is 316 g/mol. The first-order chi connectivity index (χ1) is 12.0. The molecule has 0 saturated heterocycles. The molecule has 2 aliphatic carbocycles. The second-order valence-corrected chi connectivity index (χ2v) is 7.77. The van der Waals surface area contributed by atoms with Gasteiger partial charge in [0.15, 0.2) is 0 Å². The number of urea groups is 1. The van der Waals surface area contributed by atoms with Crippen LogP contribution in [0.4, 0.5) is 4.79 Å². The van der Waals surface area contributed by atoms with E-state index in [0.29, 0.717) is 5.92 Å². The number of aryl methyl sites for hydroxylation is 2. The monoisotopic (exact) mass is 346 g/mol. The van der Waals surface area contributed by atoms with Crippen LogP contribution in [0, 0.1) is 12.8 Å². The van der Waals surface area contributed by atoms with Crippen LogP contribution in [-0.4, -0.2) is 33.3 Å². The zero-order valence-electron chi connectivity index (χ0n) is 15.3. The molecule has 1 aromatic heterocycles. The van der Waals surface area contributed by atoms with Crippen molar-refractivity contribution in [2.75, 3.05) is 6.61 Å². The quantitative estimate of drug-likeness (QED) is 0.782. The van der Waals surface area contributed by atoms with Gasteiger partial charge in [0.05, 0.1) is 18.2 Å². The average Bonchev–Trinajstić information content (AvgIpc) is 2.62. The summed E-state index contributed by atoms with van der Waals surface area (Å²) in [5.74, 6) is 1.11. The Morgan fingerprint density at radius 3 is 2.76 bits per heavy atom. The van der Waals surface area contributed by atoms with Crippen LogP contribution in [0.3, 0.4) is 0 Å². The van der Waals surface area contributed by atoms with Crippen molar-refractivity contribution in [1.29, 1.82) is 0 Å². The van der Waals surface area contributed by atoms with Crippen LogP contribution >= 0.6 is 0 Å². The molecule has 6 nitrogen and oxygen atoms in total. The van der Waals surface area contributed by atoms with Crippen LogP contribution in [0.1, 0.15) is 75.0 Å². The molecule has 1 aromatic rings. The fourth-order valence-electron chi connectivity index (χ4n) is 4.26. The summed E-state index contributed by atoms with van der Waals surface area (Å²) in [6.07, 6.45) is 10.4. The largest absolute Gasteiger partial charge is 0.394 e. The number of aromatic nitrogens is 2. The molecule has 0 aromatic carbocycles. The van der Waals surface area contributed by atoms with Crippen LogP contribution < -0.4 is 10.6 Å². The van der Waals surface area contributed by atoms with E-state index in [1.807, 2.05) is 20.0 Å². The summed E-state index contributed by atoms with van der Waals surface area (Å²) in [6.45, 7) is 3.82. The Hall–Kier alpha value is -1.69. The van der Waals surface area contributed by atoms with Crippen molar-refractivity contribution in [2.24, 2.45) is 5.92 Å². The predicted molar refractivity (Wildman–Crippen MR) is 96.2 cm³/mol. The number of hydrogen-bond donors (Lipinski definition) is 3. The van der Waals surface area contributed by atoms with E-state index in [4.69, 9.17) is 0 Å². The van der Waals surface area contributed by atoms with Gasteiger partial charge < -0.3 is 15.7 Å². The molecule has 3 rings (SSSR count). The molecule has 0 unspecified atom stereocenters. The molecule has 0 radical (unpaired) electrons. The molecule has 2 aliphatic rings. The molecule has 138 valence electrons. The smallest absolute Gasteiger partial charge is 0.315 e. The number of amides is 2. The Morgan fingerprint density at radius 1 is 1.28 bits per heavy atom. The molecule has 3 N–H and O–H groups in total. The topological polar surface area (TPSA) is 87.1 Å². The first-order valence-corrected chi connectivity index (χ1v) is 9.54. The molecule has 6 heteroatoms. The molecule has 1 saturated carbocycles. The van der Waals surface area contributed by atoms with Crippen LogP contribution in [0.2, 0.25) is 0 Å². The lowest BCUT2D eigenvalue weighted by Gasteiger charge is -2.39. The summed E-state index contributed by atoms with van der Waals surface area (Å²) >= 11 is 0. The van der Waals surface area contributed by atoms with E-state index in [1.165, 1.54) is 19.3 Å². The molecule has 2 amide bonds. The lowest BCUT2D eigenvalue weighted by Crippen LogP contribution is -2.57. The molecule has 0 aliphatic heterocycles. The van der Waals surface area contributed by atoms with E-state index in [0.717, 1.165) is 49.2 Å². The van der Waals surface area contributed by atoms with Gasteiger partial charge in [0.2, 0.25) is 0 Å². The molecule has 2 atom stereocenters. The van der Waals surface area contributed by atoms with E-state index < -0.39 is 5.54 Å². The first kappa shape index (κ1) is 18.1. The zero-order chi connectivity index (χ0) is 17.9. The van der Waals surface area contributed by atoms with Gasteiger partial charge in [0.25, 0.3) is 0 Å². The number of fused-ring (bicyclic) bond motifs is 1. The Balaban J connectivity index is 1.66. The second-order valence-electron chi connectivity index (χ2n) is 7.77. The summed E-state index contributed by atoms with van der Waals surface area (Å²) in [7, 11) is 0. The van der Waals surface area contributed by atoms with Gasteiger partial charge in [0, 0.05) is 17.5 Å². The highest BCUT2D eigenvalue weighted by molar-refractivity contribution is 5.75. The predicted octanol–water partition coefficient (Wildman–Crippen LogP) is 2.79. The maximum absolute atomic E-state index is 12.6. The highest BCUT2D eigenvalue weighted by Crippen LogP contribution is 2.33. The van der Waals surface area contributed by atoms with Gasteiger partial charge in [-0.2, -0.15) is 0 Å². The van der Waals surface area contributed by atoms with Crippen LogP contribution in [0.15, 0.2) is 6.20 Å². The average molecular weight is 346 g/mol. The number of aliphatic hydroxyl groups is 1. The van der Waals surface area contributed by atoms with E-state index in [2.05, 4.69) is 20.6 Å². The van der Waals surface area contributed by atoms with Gasteiger partial charge in [-0.25, -0.2) is 14.8 Å². The van der Waals surface area contributed by atoms with Crippen molar-refractivity contribution in [3.63, 3.8) is 0 Å². The van der Waals surface area contributed by atoms with Gasteiger partial charge in [-0.15, -0.1) is 0 Å². The minimum absolute atomic E-state index is 0.0331. The molecule has 1 heterocycles. The minimum atomic E-state index is -0.564. The molecule has 25 heavy (non-hydrogen) atoms. The van der Waals surface area contributed by atoms with E-state index in [-0.39, 0.29) is 18.7 Å². The van der Waals surface area contributed by atoms with Crippen molar-refractivity contribution in [3.05, 3.63) is 23.3 Å². The number of carbonyl (C=O) groups is 1. The van der Waals surface area contributed by atoms with Crippen molar-refractivity contribution in [2.45, 2.75) is 76.8 Å². The van der Waals surface area contributed by atoms with Crippen molar-refractivity contribution in [3.8, 4) is 0 Å². The van der Waals surface area contributed by atoms with Crippen molar-refractivity contribution in [1.82, 2.24) is 20.6 Å². The van der Waals surface area contributed by atoms with Crippen LogP contribution in [0.5, 0.6) is 0 Å². The number of rotatable bonds is 4. The van der Waals surface area contributed by atoms with E-state index in [9.17, 15) is 9.90 Å². The van der Waals surface area contributed by atoms with Gasteiger partial charge >= 0.3 is 6.03 Å². The Kier molecular flexibility index (Phi) is 5.57. The maximum Gasteiger partial charge on any atom is 0.315 e. The molecule has 0 bridgehead atoms. The highest BCUT2D eigenvalue weighted by Gasteiger charge is 2.36. The number of nitrogens with zero attached hydrogens (tertiary/aromatic N) is 2. The minimum Gasteiger partial charge on any atom is -0.394 e. The third-order valence-corrected chi connectivity index (χ3v) is 5.84. The second kappa shape index (κ2) is 7.68. The molecular formula is C19H30N4O2. The van der Waals surface area contributed by atoms with E-state index in [1.54, 1.807) is 0 Å². The molecule has 0 spiro atoms. The zero-order valence-corrected chi connectivity index (χ0v) is 15.3. The summed E-state index contributed by atoms with van der Waals surface area (Å²) in [6, 6.07) is -0.265. The number of carbonyl (C=O) groups excluding carboxylic acids is 1. The normalized spacial score (nSPS) is 23.4. The van der Waals surface area contributed by atoms with Crippen molar-refractivity contribution < 1.29 is 9.90 Å². The van der Waals surface area contributed by atoms with Gasteiger partial charge in [-0.1, -0.05) is 19.3 Å². The highest BCUT2D eigenvalue weighted by atomic mass is 16.3. The molecule has 1 fully saturated rings. The maximum atomic E-state index is 12.6. The fraction of sp³-hybridized carbons (Fsp3) is 0.737. The first-order valence-electron chi connectivity index (χ1n) is 9.54. The van der Waals surface area contributed by atoms with Crippen LogP contribution in [-0.2, 0) is 6.42 Å². The van der Waals surface area contributed by atoms with Gasteiger partial charge in [0.1, 0.15) is 5.82 Å². The third-order valence-electron chi connectivity index (χ3n) is 5.84. The van der Waals surface area contributed by atoms with Crippen molar-refractivity contribution >= 4 is 6.03 Å². The Labute approximate surface area is 149 Å². The van der Waals surface area contributed by atoms with Gasteiger partial charge in [-0.3, -0.25) is 0 Å². The number of hydrogen-bond acceptors (Lipinski definition) is 4. The van der Waals surface area contributed by atoms with Crippen LogP contribution in [0.25, 0.3) is 0 Å². The number of aliphatic hydroxyl groups excluding tert-OH is 1. The summed E-state index contributed by atoms with van der Waals surface area (Å²) in [5, 5.41) is 16.1. The summed E-state index contributed by atoms with van der Waals surface area (Å²) in [4.78, 5) is 21.4. The number of nitrogens with one attached hydrogen (secondary N) is 2. The summed E-state index contributed by atoms with van der Waals surface area (Å²) in [5.41, 5.74) is 1.50. The Bertz CT molecular complexity index is 615.